The van der Waals surface area contributed by atoms with Crippen molar-refractivity contribution >= 4 is 47.3 Å². The van der Waals surface area contributed by atoms with Gasteiger partial charge in [-0.15, -0.1) is 24.0 Å². The fraction of sp³-hybridized carbons (Fsp3) is 0.500. The van der Waals surface area contributed by atoms with Crippen LogP contribution in [-0.4, -0.2) is 48.5 Å². The van der Waals surface area contributed by atoms with Crippen molar-refractivity contribution in [1.82, 2.24) is 10.2 Å². The van der Waals surface area contributed by atoms with E-state index >= 15 is 0 Å². The largest absolute Gasteiger partial charge is 0.355 e. The second-order valence-electron chi connectivity index (χ2n) is 6.16. The zero-order valence-electron chi connectivity index (χ0n) is 14.5. The number of nitrogens with one attached hydrogen (secondary N) is 1. The Morgan fingerprint density at radius 3 is 2.52 bits per heavy atom. The van der Waals surface area contributed by atoms with Gasteiger partial charge in [-0.1, -0.05) is 36.4 Å². The zero-order chi connectivity index (χ0) is 16.0. The molecule has 0 radical (unpaired) electrons. The standard InChI is InChI=1S/C18H27N3S.HI/c1-18(2,22-4)14-20-17(19-3)21-12-10-16(11-13-21)15-8-6-5-7-9-15;/h5-10H,11-14H2,1-4H3,(H,19,20);1H. The van der Waals surface area contributed by atoms with Gasteiger partial charge < -0.3 is 10.2 Å². The molecule has 0 aliphatic carbocycles. The summed E-state index contributed by atoms with van der Waals surface area (Å²) < 4.78 is 0.219. The fourth-order valence-electron chi connectivity index (χ4n) is 2.47. The molecule has 0 unspecified atom stereocenters. The van der Waals surface area contributed by atoms with Gasteiger partial charge in [-0.05, 0) is 37.7 Å². The molecule has 0 aromatic heterocycles. The number of thioether (sulfide) groups is 1. The van der Waals surface area contributed by atoms with Crippen molar-refractivity contribution in [2.24, 2.45) is 4.99 Å². The first-order valence-electron chi connectivity index (χ1n) is 7.81. The average molecular weight is 445 g/mol. The quantitative estimate of drug-likeness (QED) is 0.430. The van der Waals surface area contributed by atoms with Crippen LogP contribution < -0.4 is 5.32 Å². The molecule has 1 aliphatic heterocycles. The van der Waals surface area contributed by atoms with Crippen molar-refractivity contribution in [3.8, 4) is 0 Å². The van der Waals surface area contributed by atoms with E-state index in [0.717, 1.165) is 32.0 Å². The van der Waals surface area contributed by atoms with Crippen molar-refractivity contribution in [3.05, 3.63) is 42.0 Å². The maximum atomic E-state index is 4.44. The Bertz CT molecular complexity index is 540. The molecule has 0 fully saturated rings. The van der Waals surface area contributed by atoms with Gasteiger partial charge in [0, 0.05) is 31.4 Å². The number of aliphatic imine (C=N–C) groups is 1. The van der Waals surface area contributed by atoms with Crippen LogP contribution in [0.4, 0.5) is 0 Å². The summed E-state index contributed by atoms with van der Waals surface area (Å²) in [7, 11) is 1.87. The third-order valence-electron chi connectivity index (χ3n) is 4.09. The molecule has 5 heteroatoms. The summed E-state index contributed by atoms with van der Waals surface area (Å²) in [5.41, 5.74) is 2.78. The normalized spacial score (nSPS) is 15.7. The van der Waals surface area contributed by atoms with Crippen LogP contribution in [0.5, 0.6) is 0 Å². The first kappa shape index (κ1) is 20.4. The first-order chi connectivity index (χ1) is 10.6. The molecule has 23 heavy (non-hydrogen) atoms. The van der Waals surface area contributed by atoms with Crippen LogP contribution in [0.3, 0.4) is 0 Å². The van der Waals surface area contributed by atoms with E-state index in [1.165, 1.54) is 11.1 Å². The summed E-state index contributed by atoms with van der Waals surface area (Å²) in [5, 5.41) is 3.51. The molecule has 1 aromatic rings. The van der Waals surface area contributed by atoms with E-state index in [9.17, 15) is 0 Å². The molecule has 0 spiro atoms. The molecular weight excluding hydrogens is 417 g/mol. The van der Waals surface area contributed by atoms with Crippen molar-refractivity contribution in [3.63, 3.8) is 0 Å². The van der Waals surface area contributed by atoms with E-state index in [1.54, 1.807) is 0 Å². The molecule has 1 aromatic carbocycles. The second kappa shape index (κ2) is 9.57. The minimum Gasteiger partial charge on any atom is -0.355 e. The molecule has 0 amide bonds. The van der Waals surface area contributed by atoms with Gasteiger partial charge in [0.05, 0.1) is 0 Å². The minimum absolute atomic E-state index is 0. The van der Waals surface area contributed by atoms with Gasteiger partial charge in [-0.2, -0.15) is 11.8 Å². The fourth-order valence-corrected chi connectivity index (χ4v) is 2.69. The third kappa shape index (κ3) is 6.03. The molecule has 1 N–H and O–H groups in total. The van der Waals surface area contributed by atoms with Crippen LogP contribution in [0.15, 0.2) is 41.4 Å². The first-order valence-corrected chi connectivity index (χ1v) is 9.03. The number of hydrogen-bond donors (Lipinski definition) is 1. The minimum atomic E-state index is 0. The lowest BCUT2D eigenvalue weighted by Gasteiger charge is -2.32. The lowest BCUT2D eigenvalue weighted by molar-refractivity contribution is 0.437. The van der Waals surface area contributed by atoms with E-state index in [2.05, 4.69) is 71.7 Å². The molecule has 0 saturated carbocycles. The Hall–Kier alpha value is -0.690. The third-order valence-corrected chi connectivity index (χ3v) is 5.34. The van der Waals surface area contributed by atoms with Gasteiger partial charge in [0.25, 0.3) is 0 Å². The summed E-state index contributed by atoms with van der Waals surface area (Å²) in [6, 6.07) is 10.7. The summed E-state index contributed by atoms with van der Waals surface area (Å²) in [5.74, 6) is 1.01. The molecule has 0 atom stereocenters. The highest BCUT2D eigenvalue weighted by atomic mass is 127. The van der Waals surface area contributed by atoms with Crippen molar-refractivity contribution in [2.45, 2.75) is 25.0 Å². The van der Waals surface area contributed by atoms with Gasteiger partial charge in [-0.25, -0.2) is 0 Å². The molecule has 128 valence electrons. The highest BCUT2D eigenvalue weighted by Crippen LogP contribution is 2.22. The summed E-state index contributed by atoms with van der Waals surface area (Å²) in [6.07, 6.45) is 5.54. The monoisotopic (exact) mass is 445 g/mol. The Balaban J connectivity index is 0.00000264. The SMILES string of the molecule is CN=C(NCC(C)(C)SC)N1CC=C(c2ccccc2)CC1.I. The van der Waals surface area contributed by atoms with Crippen LogP contribution in [0.1, 0.15) is 25.8 Å². The predicted octanol–water partition coefficient (Wildman–Crippen LogP) is 4.11. The van der Waals surface area contributed by atoms with Gasteiger partial charge in [-0.3, -0.25) is 4.99 Å². The van der Waals surface area contributed by atoms with Crippen molar-refractivity contribution < 1.29 is 0 Å². The molecule has 3 nitrogen and oxygen atoms in total. The smallest absolute Gasteiger partial charge is 0.193 e. The molecule has 1 heterocycles. The molecule has 0 bridgehead atoms. The van der Waals surface area contributed by atoms with E-state index < -0.39 is 0 Å². The summed E-state index contributed by atoms with van der Waals surface area (Å²) in [4.78, 5) is 6.76. The number of guanidine groups is 1. The van der Waals surface area contributed by atoms with Crippen LogP contribution in [0, 0.1) is 0 Å². The Morgan fingerprint density at radius 1 is 1.30 bits per heavy atom. The second-order valence-corrected chi connectivity index (χ2v) is 7.67. The van der Waals surface area contributed by atoms with Crippen molar-refractivity contribution in [2.75, 3.05) is 32.9 Å². The summed E-state index contributed by atoms with van der Waals surface area (Å²) >= 11 is 1.88. The number of halogens is 1. The van der Waals surface area contributed by atoms with E-state index in [0.29, 0.717) is 0 Å². The number of hydrogen-bond acceptors (Lipinski definition) is 2. The van der Waals surface area contributed by atoms with Crippen LogP contribution >= 0.6 is 35.7 Å². The number of nitrogens with zero attached hydrogens (tertiary/aromatic N) is 2. The number of benzene rings is 1. The van der Waals surface area contributed by atoms with Crippen LogP contribution in [0.2, 0.25) is 0 Å². The van der Waals surface area contributed by atoms with Gasteiger partial charge in [0.15, 0.2) is 5.96 Å². The molecule has 0 saturated heterocycles. The van der Waals surface area contributed by atoms with Crippen LogP contribution in [0.25, 0.3) is 5.57 Å². The van der Waals surface area contributed by atoms with E-state index in [4.69, 9.17) is 0 Å². The maximum Gasteiger partial charge on any atom is 0.193 e. The van der Waals surface area contributed by atoms with E-state index in [1.807, 2.05) is 18.8 Å². The lowest BCUT2D eigenvalue weighted by atomic mass is 10.00. The maximum absolute atomic E-state index is 4.44. The summed E-state index contributed by atoms with van der Waals surface area (Å²) in [6.45, 7) is 7.36. The van der Waals surface area contributed by atoms with Crippen molar-refractivity contribution in [1.29, 1.82) is 0 Å². The topological polar surface area (TPSA) is 27.6 Å². The van der Waals surface area contributed by atoms with Crippen LogP contribution in [-0.2, 0) is 0 Å². The Kier molecular flexibility index (Phi) is 8.47. The average Bonchev–Trinajstić information content (AvgIpc) is 2.57. The Morgan fingerprint density at radius 2 is 2.00 bits per heavy atom. The highest BCUT2D eigenvalue weighted by molar-refractivity contribution is 14.0. The van der Waals surface area contributed by atoms with Gasteiger partial charge in [0.2, 0.25) is 0 Å². The molecule has 2 rings (SSSR count). The van der Waals surface area contributed by atoms with E-state index in [-0.39, 0.29) is 28.7 Å². The lowest BCUT2D eigenvalue weighted by Crippen LogP contribution is -2.47. The highest BCUT2D eigenvalue weighted by Gasteiger charge is 2.20. The van der Waals surface area contributed by atoms with Gasteiger partial charge in [0.1, 0.15) is 0 Å². The molecule has 1 aliphatic rings. The zero-order valence-corrected chi connectivity index (χ0v) is 17.7. The molecular formula is C18H28IN3S. The Labute approximate surface area is 162 Å². The van der Waals surface area contributed by atoms with Gasteiger partial charge >= 0.3 is 0 Å². The predicted molar refractivity (Wildman–Crippen MR) is 115 cm³/mol. The number of rotatable bonds is 4.